The van der Waals surface area contributed by atoms with Gasteiger partial charge in [0.2, 0.25) is 0 Å². The molecule has 4 aromatic rings. The van der Waals surface area contributed by atoms with Gasteiger partial charge < -0.3 is 15.4 Å². The molecule has 39 heavy (non-hydrogen) atoms. The van der Waals surface area contributed by atoms with Crippen molar-refractivity contribution in [3.63, 3.8) is 0 Å². The molecule has 1 aliphatic rings. The second kappa shape index (κ2) is 11.7. The topological polar surface area (TPSA) is 58.8 Å². The van der Waals surface area contributed by atoms with E-state index in [2.05, 4.69) is 18.7 Å². The first-order chi connectivity index (χ1) is 18.9. The SMILES string of the molecule is C[C@@H]1CN(Cc2ccc(F)cc2)[C@@H](C)CN1C(=O)COc1c(-c2ccccc2)cc(N)cc1-c1ccccc1. The third-order valence-electron chi connectivity index (χ3n) is 7.36. The maximum atomic E-state index is 13.5. The van der Waals surface area contributed by atoms with Crippen LogP contribution in [0.1, 0.15) is 19.4 Å². The zero-order valence-electron chi connectivity index (χ0n) is 22.4. The lowest BCUT2D eigenvalue weighted by molar-refractivity contribution is -0.139. The maximum absolute atomic E-state index is 13.5. The Morgan fingerprint density at radius 3 is 1.97 bits per heavy atom. The lowest BCUT2D eigenvalue weighted by Crippen LogP contribution is -2.58. The lowest BCUT2D eigenvalue weighted by atomic mass is 9.96. The van der Waals surface area contributed by atoms with Crippen molar-refractivity contribution in [2.75, 3.05) is 25.4 Å². The average Bonchev–Trinajstić information content (AvgIpc) is 2.95. The number of rotatable bonds is 7. The molecule has 5 nitrogen and oxygen atoms in total. The molecule has 0 unspecified atom stereocenters. The van der Waals surface area contributed by atoms with Crippen LogP contribution in [0.25, 0.3) is 22.3 Å². The van der Waals surface area contributed by atoms with Crippen molar-refractivity contribution in [2.24, 2.45) is 0 Å². The van der Waals surface area contributed by atoms with Crippen molar-refractivity contribution >= 4 is 11.6 Å². The van der Waals surface area contributed by atoms with Crippen LogP contribution >= 0.6 is 0 Å². The van der Waals surface area contributed by atoms with Gasteiger partial charge in [0, 0.05) is 48.5 Å². The number of nitrogens with two attached hydrogens (primary N) is 1. The Kier molecular flexibility index (Phi) is 7.94. The molecule has 2 atom stereocenters. The number of benzene rings is 4. The van der Waals surface area contributed by atoms with E-state index in [4.69, 9.17) is 10.5 Å². The first-order valence-electron chi connectivity index (χ1n) is 13.3. The minimum absolute atomic E-state index is 0.0198. The summed E-state index contributed by atoms with van der Waals surface area (Å²) in [5.74, 6) is 0.360. The smallest absolute Gasteiger partial charge is 0.260 e. The summed E-state index contributed by atoms with van der Waals surface area (Å²) in [5.41, 5.74) is 11.7. The van der Waals surface area contributed by atoms with Gasteiger partial charge in [-0.3, -0.25) is 9.69 Å². The standard InChI is InChI=1S/C33H34FN3O2/c1-23-20-37(24(2)19-36(23)21-25-13-15-28(34)16-14-25)32(38)22-39-33-30(26-9-5-3-6-10-26)17-29(35)18-31(33)27-11-7-4-8-12-27/h3-18,23-24H,19-22,35H2,1-2H3/t23-,24+/m0/s1. The minimum atomic E-state index is -0.234. The van der Waals surface area contributed by atoms with Gasteiger partial charge in [-0.05, 0) is 54.8 Å². The highest BCUT2D eigenvalue weighted by Crippen LogP contribution is 2.41. The number of nitrogens with zero attached hydrogens (tertiary/aromatic N) is 2. The Hall–Kier alpha value is -4.16. The zero-order valence-corrected chi connectivity index (χ0v) is 22.4. The third-order valence-corrected chi connectivity index (χ3v) is 7.36. The highest BCUT2D eigenvalue weighted by Gasteiger charge is 2.32. The van der Waals surface area contributed by atoms with Crippen LogP contribution in [0.4, 0.5) is 10.1 Å². The summed E-state index contributed by atoms with van der Waals surface area (Å²) in [6, 6.07) is 30.5. The van der Waals surface area contributed by atoms with Gasteiger partial charge >= 0.3 is 0 Å². The van der Waals surface area contributed by atoms with Gasteiger partial charge in [0.15, 0.2) is 6.61 Å². The van der Waals surface area contributed by atoms with Crippen LogP contribution in [-0.2, 0) is 11.3 Å². The third kappa shape index (κ3) is 6.13. The molecule has 4 aromatic carbocycles. The fraction of sp³-hybridized carbons (Fsp3) is 0.242. The molecule has 0 aromatic heterocycles. The number of nitrogen functional groups attached to an aromatic ring is 1. The zero-order chi connectivity index (χ0) is 27.4. The number of carbonyl (C=O) groups excluding carboxylic acids is 1. The largest absolute Gasteiger partial charge is 0.482 e. The summed E-state index contributed by atoms with van der Waals surface area (Å²) >= 11 is 0. The maximum Gasteiger partial charge on any atom is 0.260 e. The van der Waals surface area contributed by atoms with Gasteiger partial charge in [0.1, 0.15) is 11.6 Å². The highest BCUT2D eigenvalue weighted by molar-refractivity contribution is 5.87. The first kappa shape index (κ1) is 26.4. The van der Waals surface area contributed by atoms with Crippen LogP contribution in [0.5, 0.6) is 5.75 Å². The van der Waals surface area contributed by atoms with Crippen molar-refractivity contribution < 1.29 is 13.9 Å². The summed E-state index contributed by atoms with van der Waals surface area (Å²) in [6.07, 6.45) is 0. The molecular formula is C33H34FN3O2. The van der Waals surface area contributed by atoms with E-state index in [1.54, 1.807) is 0 Å². The molecule has 0 aliphatic carbocycles. The van der Waals surface area contributed by atoms with Crippen molar-refractivity contribution in [3.8, 4) is 28.0 Å². The van der Waals surface area contributed by atoms with Crippen molar-refractivity contribution in [2.45, 2.75) is 32.5 Å². The molecule has 1 heterocycles. The molecule has 5 rings (SSSR count). The van der Waals surface area contributed by atoms with Crippen LogP contribution in [0.2, 0.25) is 0 Å². The number of hydrogen-bond acceptors (Lipinski definition) is 4. The van der Waals surface area contributed by atoms with E-state index in [0.717, 1.165) is 40.9 Å². The average molecular weight is 524 g/mol. The van der Waals surface area contributed by atoms with Gasteiger partial charge in [-0.2, -0.15) is 0 Å². The van der Waals surface area contributed by atoms with Crippen LogP contribution < -0.4 is 10.5 Å². The number of amides is 1. The number of piperazine rings is 1. The van der Waals surface area contributed by atoms with Crippen LogP contribution in [-0.4, -0.2) is 47.5 Å². The van der Waals surface area contributed by atoms with Crippen LogP contribution in [0.3, 0.4) is 0 Å². The van der Waals surface area contributed by atoms with E-state index in [-0.39, 0.29) is 30.4 Å². The van der Waals surface area contributed by atoms with Crippen LogP contribution in [0, 0.1) is 5.82 Å². The second-order valence-electron chi connectivity index (χ2n) is 10.3. The molecule has 200 valence electrons. The number of hydrogen-bond donors (Lipinski definition) is 1. The molecule has 1 aliphatic heterocycles. The van der Waals surface area contributed by atoms with Gasteiger partial charge in [-0.1, -0.05) is 72.8 Å². The summed E-state index contributed by atoms with van der Waals surface area (Å²) < 4.78 is 19.7. The van der Waals surface area contributed by atoms with Crippen molar-refractivity contribution in [1.29, 1.82) is 0 Å². The molecule has 1 fully saturated rings. The minimum Gasteiger partial charge on any atom is -0.482 e. The van der Waals surface area contributed by atoms with Gasteiger partial charge in [-0.15, -0.1) is 0 Å². The highest BCUT2D eigenvalue weighted by atomic mass is 19.1. The summed E-state index contributed by atoms with van der Waals surface area (Å²) in [4.78, 5) is 17.8. The molecule has 1 amide bonds. The van der Waals surface area contributed by atoms with Crippen molar-refractivity contribution in [3.05, 3.63) is 108 Å². The van der Waals surface area contributed by atoms with Gasteiger partial charge in [0.25, 0.3) is 5.91 Å². The Labute approximate surface area is 229 Å². The molecule has 1 saturated heterocycles. The molecular weight excluding hydrogens is 489 g/mol. The van der Waals surface area contributed by atoms with Gasteiger partial charge in [0.05, 0.1) is 0 Å². The normalized spacial score (nSPS) is 17.7. The number of halogens is 1. The Balaban J connectivity index is 1.35. The van der Waals surface area contributed by atoms with Crippen LogP contribution in [0.15, 0.2) is 97.1 Å². The number of carbonyl (C=O) groups is 1. The molecule has 0 saturated carbocycles. The molecule has 0 spiro atoms. The fourth-order valence-corrected chi connectivity index (χ4v) is 5.28. The predicted octanol–water partition coefficient (Wildman–Crippen LogP) is 6.24. The quantitative estimate of drug-likeness (QED) is 0.291. The monoisotopic (exact) mass is 523 g/mol. The van der Waals surface area contributed by atoms with E-state index >= 15 is 0 Å². The van der Waals surface area contributed by atoms with E-state index in [1.165, 1.54) is 12.1 Å². The van der Waals surface area contributed by atoms with E-state index in [9.17, 15) is 9.18 Å². The second-order valence-corrected chi connectivity index (χ2v) is 10.3. The molecule has 0 bridgehead atoms. The van der Waals surface area contributed by atoms with E-state index in [1.807, 2.05) is 89.8 Å². The summed E-state index contributed by atoms with van der Waals surface area (Å²) in [7, 11) is 0. The van der Waals surface area contributed by atoms with E-state index < -0.39 is 0 Å². The Bertz CT molecular complexity index is 1350. The van der Waals surface area contributed by atoms with E-state index in [0.29, 0.717) is 18.0 Å². The Morgan fingerprint density at radius 1 is 0.846 bits per heavy atom. The van der Waals surface area contributed by atoms with Gasteiger partial charge in [-0.25, -0.2) is 4.39 Å². The molecule has 6 heteroatoms. The molecule has 2 N–H and O–H groups in total. The Morgan fingerprint density at radius 2 is 1.41 bits per heavy atom. The van der Waals surface area contributed by atoms with Crippen molar-refractivity contribution in [1.82, 2.24) is 9.80 Å². The fourth-order valence-electron chi connectivity index (χ4n) is 5.28. The molecule has 0 radical (unpaired) electrons. The summed E-state index contributed by atoms with van der Waals surface area (Å²) in [6.45, 7) is 6.17. The first-order valence-corrected chi connectivity index (χ1v) is 13.3. The lowest BCUT2D eigenvalue weighted by Gasteiger charge is -2.44. The summed E-state index contributed by atoms with van der Waals surface area (Å²) in [5, 5.41) is 0. The number of anilines is 1. The number of ether oxygens (including phenoxy) is 1. The predicted molar refractivity (Wildman–Crippen MR) is 155 cm³/mol.